The molecule has 0 saturated heterocycles. The van der Waals surface area contributed by atoms with E-state index in [1.54, 1.807) is 6.07 Å². The van der Waals surface area contributed by atoms with Crippen LogP contribution in [0, 0.1) is 0 Å². The highest BCUT2D eigenvalue weighted by Crippen LogP contribution is 2.25. The Kier molecular flexibility index (Phi) is 3.04. The molecule has 0 aliphatic carbocycles. The Bertz CT molecular complexity index is 723. The van der Waals surface area contributed by atoms with Gasteiger partial charge in [0.05, 0.1) is 0 Å². The SMILES string of the molecule is CCc1nc(N)cc(Sc2nnc3ccccn23)n1. The fourth-order valence-electron chi connectivity index (χ4n) is 1.69. The van der Waals surface area contributed by atoms with Crippen molar-refractivity contribution in [1.29, 1.82) is 0 Å². The maximum atomic E-state index is 5.77. The maximum absolute atomic E-state index is 5.77. The fraction of sp³-hybridized carbons (Fsp3) is 0.167. The Morgan fingerprint density at radius 1 is 1.26 bits per heavy atom. The van der Waals surface area contributed by atoms with Crippen molar-refractivity contribution in [2.45, 2.75) is 23.5 Å². The van der Waals surface area contributed by atoms with Gasteiger partial charge in [-0.3, -0.25) is 4.40 Å². The molecule has 0 aromatic carbocycles. The minimum atomic E-state index is 0.475. The number of hydrogen-bond donors (Lipinski definition) is 1. The standard InChI is InChI=1S/C12H12N6S/c1-2-9-14-8(13)7-11(15-9)19-12-17-16-10-5-3-4-6-18(10)12/h3-7H,2H2,1H3,(H2,13,14,15). The Labute approximate surface area is 114 Å². The Balaban J connectivity index is 1.99. The number of nitrogen functional groups attached to an aromatic ring is 1. The summed E-state index contributed by atoms with van der Waals surface area (Å²) < 4.78 is 1.91. The second kappa shape index (κ2) is 4.85. The number of fused-ring (bicyclic) bond motifs is 1. The summed E-state index contributed by atoms with van der Waals surface area (Å²) in [6.45, 7) is 2.00. The number of nitrogens with two attached hydrogens (primary N) is 1. The van der Waals surface area contributed by atoms with Crippen molar-refractivity contribution < 1.29 is 0 Å². The molecule has 0 spiro atoms. The van der Waals surface area contributed by atoms with Crippen molar-refractivity contribution in [3.05, 3.63) is 36.3 Å². The van der Waals surface area contributed by atoms with Crippen molar-refractivity contribution >= 4 is 23.2 Å². The molecule has 3 aromatic rings. The van der Waals surface area contributed by atoms with Crippen LogP contribution in [0.3, 0.4) is 0 Å². The van der Waals surface area contributed by atoms with Gasteiger partial charge in [0, 0.05) is 18.7 Å². The van der Waals surface area contributed by atoms with E-state index in [0.29, 0.717) is 5.82 Å². The Hall–Kier alpha value is -2.15. The number of nitrogens with zero attached hydrogens (tertiary/aromatic N) is 5. The van der Waals surface area contributed by atoms with E-state index in [4.69, 9.17) is 5.73 Å². The van der Waals surface area contributed by atoms with Gasteiger partial charge < -0.3 is 5.73 Å². The second-order valence-electron chi connectivity index (χ2n) is 3.91. The number of hydrogen-bond acceptors (Lipinski definition) is 6. The summed E-state index contributed by atoms with van der Waals surface area (Å²) in [6, 6.07) is 7.51. The molecule has 3 aromatic heterocycles. The highest BCUT2D eigenvalue weighted by atomic mass is 32.2. The van der Waals surface area contributed by atoms with E-state index in [1.807, 2.05) is 35.7 Å². The summed E-state index contributed by atoms with van der Waals surface area (Å²) in [5.74, 6) is 1.21. The quantitative estimate of drug-likeness (QED) is 0.732. The maximum Gasteiger partial charge on any atom is 0.201 e. The summed E-state index contributed by atoms with van der Waals surface area (Å²) in [4.78, 5) is 8.58. The lowest BCUT2D eigenvalue weighted by Gasteiger charge is -2.03. The Morgan fingerprint density at radius 3 is 3.00 bits per heavy atom. The van der Waals surface area contributed by atoms with Crippen molar-refractivity contribution in [3.8, 4) is 0 Å². The van der Waals surface area contributed by atoms with Crippen LogP contribution in [0.15, 0.2) is 40.6 Å². The molecule has 6 nitrogen and oxygen atoms in total. The van der Waals surface area contributed by atoms with Crippen LogP contribution in [-0.4, -0.2) is 24.6 Å². The largest absolute Gasteiger partial charge is 0.384 e. The van der Waals surface area contributed by atoms with Crippen LogP contribution < -0.4 is 5.73 Å². The number of aryl methyl sites for hydroxylation is 1. The van der Waals surface area contributed by atoms with Crippen LogP contribution in [0.1, 0.15) is 12.7 Å². The molecule has 0 radical (unpaired) electrons. The van der Waals surface area contributed by atoms with E-state index in [0.717, 1.165) is 28.1 Å². The first-order valence-corrected chi connectivity index (χ1v) is 6.69. The normalized spacial score (nSPS) is 11.0. The van der Waals surface area contributed by atoms with E-state index < -0.39 is 0 Å². The first-order chi connectivity index (χ1) is 9.26. The minimum Gasteiger partial charge on any atom is -0.384 e. The van der Waals surface area contributed by atoms with Gasteiger partial charge in [-0.05, 0) is 23.9 Å². The van der Waals surface area contributed by atoms with Crippen LogP contribution in [-0.2, 0) is 6.42 Å². The fourth-order valence-corrected chi connectivity index (χ4v) is 2.54. The predicted octanol–water partition coefficient (Wildman–Crippen LogP) is 1.82. The van der Waals surface area contributed by atoms with Gasteiger partial charge in [-0.25, -0.2) is 9.97 Å². The van der Waals surface area contributed by atoms with Gasteiger partial charge in [0.1, 0.15) is 16.7 Å². The molecule has 0 saturated carbocycles. The first kappa shape index (κ1) is 11.9. The Morgan fingerprint density at radius 2 is 2.16 bits per heavy atom. The molecule has 3 heterocycles. The molecule has 7 heteroatoms. The summed E-state index contributed by atoms with van der Waals surface area (Å²) in [7, 11) is 0. The van der Waals surface area contributed by atoms with Gasteiger partial charge >= 0.3 is 0 Å². The summed E-state index contributed by atoms with van der Waals surface area (Å²) in [6.07, 6.45) is 2.67. The predicted molar refractivity (Wildman–Crippen MR) is 72.9 cm³/mol. The minimum absolute atomic E-state index is 0.475. The van der Waals surface area contributed by atoms with Crippen molar-refractivity contribution in [2.75, 3.05) is 5.73 Å². The van der Waals surface area contributed by atoms with Gasteiger partial charge in [0.2, 0.25) is 5.16 Å². The molecule has 3 rings (SSSR count). The third kappa shape index (κ3) is 2.37. The lowest BCUT2D eigenvalue weighted by Crippen LogP contribution is -1.99. The van der Waals surface area contributed by atoms with E-state index in [-0.39, 0.29) is 0 Å². The highest BCUT2D eigenvalue weighted by Gasteiger charge is 2.09. The molecule has 0 aliphatic rings. The number of anilines is 1. The summed E-state index contributed by atoms with van der Waals surface area (Å²) >= 11 is 1.43. The third-order valence-corrected chi connectivity index (χ3v) is 3.44. The van der Waals surface area contributed by atoms with Gasteiger partial charge in [0.15, 0.2) is 5.65 Å². The van der Waals surface area contributed by atoms with Crippen LogP contribution in [0.5, 0.6) is 0 Å². The molecule has 0 fully saturated rings. The van der Waals surface area contributed by atoms with Crippen LogP contribution in [0.25, 0.3) is 5.65 Å². The van der Waals surface area contributed by atoms with Crippen LogP contribution in [0.2, 0.25) is 0 Å². The van der Waals surface area contributed by atoms with E-state index in [9.17, 15) is 0 Å². The molecule has 96 valence electrons. The third-order valence-electron chi connectivity index (χ3n) is 2.56. The lowest BCUT2D eigenvalue weighted by atomic mass is 10.4. The van der Waals surface area contributed by atoms with Crippen LogP contribution in [0.4, 0.5) is 5.82 Å². The molecular weight excluding hydrogens is 260 g/mol. The smallest absolute Gasteiger partial charge is 0.201 e. The summed E-state index contributed by atoms with van der Waals surface area (Å²) in [5.41, 5.74) is 6.58. The van der Waals surface area contributed by atoms with Crippen molar-refractivity contribution in [1.82, 2.24) is 24.6 Å². The molecular formula is C12H12N6S. The average Bonchev–Trinajstić information content (AvgIpc) is 2.82. The highest BCUT2D eigenvalue weighted by molar-refractivity contribution is 7.99. The van der Waals surface area contributed by atoms with Crippen LogP contribution >= 0.6 is 11.8 Å². The molecule has 19 heavy (non-hydrogen) atoms. The van der Waals surface area contributed by atoms with E-state index in [1.165, 1.54) is 11.8 Å². The zero-order chi connectivity index (χ0) is 13.2. The monoisotopic (exact) mass is 272 g/mol. The first-order valence-electron chi connectivity index (χ1n) is 5.87. The van der Waals surface area contributed by atoms with Gasteiger partial charge in [-0.15, -0.1) is 10.2 Å². The molecule has 0 unspecified atom stereocenters. The second-order valence-corrected chi connectivity index (χ2v) is 4.90. The zero-order valence-electron chi connectivity index (χ0n) is 10.3. The number of aromatic nitrogens is 5. The van der Waals surface area contributed by atoms with Gasteiger partial charge in [-0.2, -0.15) is 0 Å². The van der Waals surface area contributed by atoms with Crippen molar-refractivity contribution in [3.63, 3.8) is 0 Å². The molecule has 2 N–H and O–H groups in total. The van der Waals surface area contributed by atoms with Gasteiger partial charge in [-0.1, -0.05) is 13.0 Å². The zero-order valence-corrected chi connectivity index (χ0v) is 11.1. The molecule has 0 bridgehead atoms. The topological polar surface area (TPSA) is 82.0 Å². The van der Waals surface area contributed by atoms with E-state index >= 15 is 0 Å². The number of pyridine rings is 1. The molecule has 0 amide bonds. The molecule has 0 atom stereocenters. The lowest BCUT2D eigenvalue weighted by molar-refractivity contribution is 0.881. The van der Waals surface area contributed by atoms with Crippen molar-refractivity contribution in [2.24, 2.45) is 0 Å². The average molecular weight is 272 g/mol. The molecule has 0 aliphatic heterocycles. The summed E-state index contributed by atoms with van der Waals surface area (Å²) in [5, 5.41) is 9.79. The number of rotatable bonds is 3. The van der Waals surface area contributed by atoms with Gasteiger partial charge in [0.25, 0.3) is 0 Å². The van der Waals surface area contributed by atoms with E-state index in [2.05, 4.69) is 20.2 Å².